The number of amides is 2. The average Bonchev–Trinajstić information content (AvgIpc) is 3.43. The van der Waals surface area contributed by atoms with Crippen LogP contribution >= 0.6 is 0 Å². The van der Waals surface area contributed by atoms with Gasteiger partial charge in [0.05, 0.1) is 42.7 Å². The Hall–Kier alpha value is -1.98. The highest BCUT2D eigenvalue weighted by Gasteiger charge is 2.56. The number of ether oxygens (including phenoxy) is 4. The lowest BCUT2D eigenvalue weighted by molar-refractivity contribution is -0.123. The molecule has 3 saturated heterocycles. The topological polar surface area (TPSA) is 122 Å². The van der Waals surface area contributed by atoms with Crippen molar-refractivity contribution in [2.45, 2.75) is 135 Å². The Morgan fingerprint density at radius 1 is 1.15 bits per heavy atom. The number of nitrogens with one attached hydrogen (secondary N) is 2. The number of nitrogens with zero attached hydrogens (tertiary/aromatic N) is 1. The monoisotopic (exact) mass is 649 g/mol. The van der Waals surface area contributed by atoms with Crippen molar-refractivity contribution in [2.24, 2.45) is 17.8 Å². The second kappa shape index (κ2) is 18.5. The fraction of sp³-hybridized carbons (Fsp3) is 0.833. The summed E-state index contributed by atoms with van der Waals surface area (Å²) in [6.45, 7) is 14.9. The van der Waals surface area contributed by atoms with Crippen LogP contribution in [0, 0.1) is 17.8 Å². The predicted octanol–water partition coefficient (Wildman–Crippen LogP) is 5.00. The van der Waals surface area contributed by atoms with Crippen molar-refractivity contribution in [3.63, 3.8) is 0 Å². The first-order valence-corrected chi connectivity index (χ1v) is 17.6. The maximum absolute atomic E-state index is 12.5. The SMILES string of the molecule is CNC1CCN(C(=O)OCCCCCC(=O)NC[C@H]2CC[C@H](C)[C@@H](/C(C)=C/C=C/C(C)C[C@@]3(C)O[C@@H]3[C@H](C)[C@@H](OC)[C@@H](C)O)O2)C1. The summed E-state index contributed by atoms with van der Waals surface area (Å²) in [6, 6.07) is 0.352. The van der Waals surface area contributed by atoms with Crippen molar-refractivity contribution in [1.29, 1.82) is 0 Å². The molecule has 0 aromatic rings. The van der Waals surface area contributed by atoms with Crippen molar-refractivity contribution in [3.05, 3.63) is 23.8 Å². The molecule has 3 fully saturated rings. The molecule has 3 heterocycles. The third-order valence-corrected chi connectivity index (χ3v) is 10.1. The molecule has 3 aliphatic heterocycles. The van der Waals surface area contributed by atoms with E-state index in [0.717, 1.165) is 51.5 Å². The zero-order valence-corrected chi connectivity index (χ0v) is 29.8. The van der Waals surface area contributed by atoms with Crippen molar-refractivity contribution in [2.75, 3.05) is 40.4 Å². The molecule has 10 nitrogen and oxygen atoms in total. The maximum Gasteiger partial charge on any atom is 0.409 e. The smallest absolute Gasteiger partial charge is 0.409 e. The summed E-state index contributed by atoms with van der Waals surface area (Å²) >= 11 is 0. The number of aliphatic hydroxyl groups is 1. The first-order chi connectivity index (χ1) is 21.9. The van der Waals surface area contributed by atoms with Crippen molar-refractivity contribution in [1.82, 2.24) is 15.5 Å². The number of methoxy groups -OCH3 is 1. The molecule has 3 aliphatic rings. The number of likely N-dealkylation sites (tertiary alicyclic amines) is 1. The van der Waals surface area contributed by atoms with Gasteiger partial charge in [0.25, 0.3) is 0 Å². The van der Waals surface area contributed by atoms with Gasteiger partial charge in [0, 0.05) is 45.1 Å². The highest BCUT2D eigenvalue weighted by Crippen LogP contribution is 2.47. The number of carbonyl (C=O) groups is 2. The summed E-state index contributed by atoms with van der Waals surface area (Å²) in [5.41, 5.74) is 0.991. The zero-order valence-electron chi connectivity index (χ0n) is 29.8. The predicted molar refractivity (Wildman–Crippen MR) is 181 cm³/mol. The average molecular weight is 650 g/mol. The molecule has 10 atom stereocenters. The van der Waals surface area contributed by atoms with E-state index in [-0.39, 0.29) is 47.9 Å². The molecule has 46 heavy (non-hydrogen) atoms. The fourth-order valence-electron chi connectivity index (χ4n) is 7.32. The second-order valence-electron chi connectivity index (χ2n) is 14.3. The molecule has 2 amide bonds. The molecular formula is C36H63N3O7. The van der Waals surface area contributed by atoms with Crippen LogP contribution in [0.25, 0.3) is 0 Å². The minimum atomic E-state index is -0.535. The van der Waals surface area contributed by atoms with E-state index in [1.165, 1.54) is 5.57 Å². The summed E-state index contributed by atoms with van der Waals surface area (Å²) in [7, 11) is 3.56. The molecule has 3 N–H and O–H groups in total. The summed E-state index contributed by atoms with van der Waals surface area (Å²) in [5.74, 6) is 0.916. The lowest BCUT2D eigenvalue weighted by Crippen LogP contribution is -2.41. The van der Waals surface area contributed by atoms with Crippen molar-refractivity contribution >= 4 is 12.0 Å². The molecule has 0 radical (unpaired) electrons. The fourth-order valence-corrected chi connectivity index (χ4v) is 7.32. The highest BCUT2D eigenvalue weighted by molar-refractivity contribution is 5.75. The first kappa shape index (κ1) is 38.5. The summed E-state index contributed by atoms with van der Waals surface area (Å²) < 4.78 is 23.5. The Kier molecular flexibility index (Phi) is 15.5. The Bertz CT molecular complexity index is 1020. The molecule has 2 unspecified atom stereocenters. The van der Waals surface area contributed by atoms with E-state index < -0.39 is 6.10 Å². The van der Waals surface area contributed by atoms with E-state index in [1.807, 2.05) is 7.05 Å². The molecule has 264 valence electrons. The molecule has 10 heteroatoms. The largest absolute Gasteiger partial charge is 0.449 e. The van der Waals surface area contributed by atoms with Crippen LogP contribution in [0.2, 0.25) is 0 Å². The Balaban J connectivity index is 1.31. The Morgan fingerprint density at radius 2 is 1.91 bits per heavy atom. The van der Waals surface area contributed by atoms with Crippen molar-refractivity contribution < 1.29 is 33.6 Å². The number of hydrogen-bond acceptors (Lipinski definition) is 8. The van der Waals surface area contributed by atoms with Gasteiger partial charge in [-0.2, -0.15) is 0 Å². The number of allylic oxidation sites excluding steroid dienone is 3. The van der Waals surface area contributed by atoms with E-state index >= 15 is 0 Å². The van der Waals surface area contributed by atoms with Crippen LogP contribution in [0.5, 0.6) is 0 Å². The quantitative estimate of drug-likeness (QED) is 0.108. The van der Waals surface area contributed by atoms with Crippen molar-refractivity contribution in [3.8, 4) is 0 Å². The summed E-state index contributed by atoms with van der Waals surface area (Å²) in [6.07, 6.45) is 12.3. The summed E-state index contributed by atoms with van der Waals surface area (Å²) in [4.78, 5) is 26.4. The lowest BCUT2D eigenvalue weighted by Gasteiger charge is -2.35. The van der Waals surface area contributed by atoms with Gasteiger partial charge in [-0.1, -0.05) is 39.0 Å². The number of likely N-dealkylation sites (N-methyl/N-ethyl adjacent to an activating group) is 1. The second-order valence-corrected chi connectivity index (χ2v) is 14.3. The van der Waals surface area contributed by atoms with Gasteiger partial charge in [-0.15, -0.1) is 0 Å². The van der Waals surface area contributed by atoms with Gasteiger partial charge in [0.1, 0.15) is 0 Å². The van der Waals surface area contributed by atoms with E-state index in [2.05, 4.69) is 63.5 Å². The van der Waals surface area contributed by atoms with Crippen LogP contribution in [-0.4, -0.2) is 105 Å². The molecule has 0 saturated carbocycles. The minimum Gasteiger partial charge on any atom is -0.449 e. The molecule has 0 spiro atoms. The number of carbonyl (C=O) groups excluding carboxylic acids is 2. The van der Waals surface area contributed by atoms with Gasteiger partial charge in [-0.3, -0.25) is 4.79 Å². The van der Waals surface area contributed by atoms with Gasteiger partial charge in [0.15, 0.2) is 0 Å². The van der Waals surface area contributed by atoms with E-state index in [0.29, 0.717) is 44.0 Å². The van der Waals surface area contributed by atoms with Crippen LogP contribution in [0.3, 0.4) is 0 Å². The van der Waals surface area contributed by atoms with Crippen LogP contribution in [-0.2, 0) is 23.7 Å². The third-order valence-electron chi connectivity index (χ3n) is 10.1. The van der Waals surface area contributed by atoms with E-state index in [9.17, 15) is 14.7 Å². The van der Waals surface area contributed by atoms with Gasteiger partial charge >= 0.3 is 6.09 Å². The van der Waals surface area contributed by atoms with Gasteiger partial charge in [-0.25, -0.2) is 4.79 Å². The number of unbranched alkanes of at least 4 members (excludes halogenated alkanes) is 2. The molecular weight excluding hydrogens is 586 g/mol. The molecule has 3 rings (SSSR count). The van der Waals surface area contributed by atoms with E-state index in [1.54, 1.807) is 18.9 Å². The maximum atomic E-state index is 12.5. The zero-order chi connectivity index (χ0) is 33.9. The first-order valence-electron chi connectivity index (χ1n) is 17.6. The van der Waals surface area contributed by atoms with Gasteiger partial charge in [-0.05, 0) is 90.2 Å². The lowest BCUT2D eigenvalue weighted by atomic mass is 9.85. The van der Waals surface area contributed by atoms with Gasteiger partial charge in [0.2, 0.25) is 5.91 Å². The molecule has 0 aromatic heterocycles. The minimum absolute atomic E-state index is 0.00682. The number of epoxide rings is 1. The standard InChI is InChI=1S/C36H63N3O7/c1-24(21-36(6)34(46-36)27(4)33(43-8)28(5)40)13-12-14-25(2)32-26(3)16-17-30(45-32)22-38-31(41)15-10-9-11-20-44-35(42)39-19-18-29(23-39)37-7/h12-14,24,26-30,32-34,37,40H,9-11,15-23H2,1-8H3,(H,38,41)/b13-12+,25-14+/t24?,26-,27+,28+,29?,30+,32+,33+,34+,36+/m0/s1. The normalized spacial score (nSPS) is 31.0. The van der Waals surface area contributed by atoms with Gasteiger partial charge < -0.3 is 39.6 Å². The highest BCUT2D eigenvalue weighted by atomic mass is 16.6. The number of hydrogen-bond donors (Lipinski definition) is 3. The van der Waals surface area contributed by atoms with Crippen LogP contribution in [0.4, 0.5) is 4.79 Å². The Labute approximate surface area is 278 Å². The van der Waals surface area contributed by atoms with Crippen LogP contribution < -0.4 is 10.6 Å². The number of rotatable bonds is 18. The molecule has 0 aromatic carbocycles. The molecule has 0 bridgehead atoms. The van der Waals surface area contributed by atoms with Crippen LogP contribution in [0.1, 0.15) is 92.9 Å². The molecule has 0 aliphatic carbocycles. The van der Waals surface area contributed by atoms with Crippen LogP contribution in [0.15, 0.2) is 23.8 Å². The third kappa shape index (κ3) is 11.6. The Morgan fingerprint density at radius 3 is 2.59 bits per heavy atom. The summed E-state index contributed by atoms with van der Waals surface area (Å²) in [5, 5.41) is 16.3. The van der Waals surface area contributed by atoms with E-state index in [4.69, 9.17) is 18.9 Å². The number of aliphatic hydroxyl groups excluding tert-OH is 1.